The summed E-state index contributed by atoms with van der Waals surface area (Å²) >= 11 is 0. The van der Waals surface area contributed by atoms with Crippen molar-refractivity contribution in [2.45, 2.75) is 25.8 Å². The molecule has 1 aromatic rings. The standard InChI is InChI=1S/C14H21N3O/c1-15-11-12-7-3-4-8-13(12)16-14(18)17-9-5-2-6-10-17/h3-4,7-8,15H,2,5-6,9-11H2,1H3,(H,16,18). The van der Waals surface area contributed by atoms with Crippen molar-refractivity contribution < 1.29 is 4.79 Å². The maximum absolute atomic E-state index is 12.1. The quantitative estimate of drug-likeness (QED) is 0.861. The molecular formula is C14H21N3O. The van der Waals surface area contributed by atoms with Gasteiger partial charge >= 0.3 is 6.03 Å². The summed E-state index contributed by atoms with van der Waals surface area (Å²) in [5.41, 5.74) is 2.02. The van der Waals surface area contributed by atoms with E-state index in [1.807, 2.05) is 36.2 Å². The van der Waals surface area contributed by atoms with E-state index in [0.717, 1.165) is 43.7 Å². The molecule has 0 aromatic heterocycles. The number of carbonyl (C=O) groups is 1. The smallest absolute Gasteiger partial charge is 0.321 e. The van der Waals surface area contributed by atoms with Gasteiger partial charge < -0.3 is 15.5 Å². The van der Waals surface area contributed by atoms with Gasteiger partial charge in [-0.1, -0.05) is 18.2 Å². The number of carbonyl (C=O) groups excluding carboxylic acids is 1. The van der Waals surface area contributed by atoms with Crippen LogP contribution in [0.25, 0.3) is 0 Å². The van der Waals surface area contributed by atoms with Gasteiger partial charge in [0.25, 0.3) is 0 Å². The topological polar surface area (TPSA) is 44.4 Å². The molecule has 1 aromatic carbocycles. The minimum absolute atomic E-state index is 0.0262. The molecule has 2 amide bonds. The van der Waals surface area contributed by atoms with Gasteiger partial charge in [0, 0.05) is 25.3 Å². The molecule has 1 fully saturated rings. The molecule has 98 valence electrons. The Hall–Kier alpha value is -1.55. The van der Waals surface area contributed by atoms with E-state index < -0.39 is 0 Å². The van der Waals surface area contributed by atoms with Crippen LogP contribution in [0.1, 0.15) is 24.8 Å². The Balaban J connectivity index is 2.01. The number of urea groups is 1. The number of anilines is 1. The lowest BCUT2D eigenvalue weighted by molar-refractivity contribution is 0.200. The molecular weight excluding hydrogens is 226 g/mol. The highest BCUT2D eigenvalue weighted by Gasteiger charge is 2.16. The van der Waals surface area contributed by atoms with Gasteiger partial charge in [0.05, 0.1) is 0 Å². The molecule has 1 heterocycles. The Labute approximate surface area is 108 Å². The van der Waals surface area contributed by atoms with Crippen molar-refractivity contribution in [2.24, 2.45) is 0 Å². The number of nitrogens with zero attached hydrogens (tertiary/aromatic N) is 1. The van der Waals surface area contributed by atoms with Crippen molar-refractivity contribution in [3.63, 3.8) is 0 Å². The first-order chi connectivity index (χ1) is 8.81. The molecule has 0 saturated carbocycles. The number of nitrogens with one attached hydrogen (secondary N) is 2. The Morgan fingerprint density at radius 3 is 2.67 bits per heavy atom. The van der Waals surface area contributed by atoms with Crippen LogP contribution in [-0.4, -0.2) is 31.1 Å². The summed E-state index contributed by atoms with van der Waals surface area (Å²) in [7, 11) is 1.91. The zero-order valence-corrected chi connectivity index (χ0v) is 10.9. The molecule has 0 unspecified atom stereocenters. The third-order valence-electron chi connectivity index (χ3n) is 3.27. The Kier molecular flexibility index (Phi) is 4.59. The van der Waals surface area contributed by atoms with Gasteiger partial charge in [0.1, 0.15) is 0 Å². The number of para-hydroxylation sites is 1. The van der Waals surface area contributed by atoms with Crippen LogP contribution in [0.4, 0.5) is 10.5 Å². The number of amides is 2. The van der Waals surface area contributed by atoms with Crippen LogP contribution < -0.4 is 10.6 Å². The minimum atomic E-state index is 0.0262. The van der Waals surface area contributed by atoms with Gasteiger partial charge in [-0.2, -0.15) is 0 Å². The van der Waals surface area contributed by atoms with Gasteiger partial charge in [0.15, 0.2) is 0 Å². The van der Waals surface area contributed by atoms with Gasteiger partial charge in [-0.05, 0) is 37.9 Å². The van der Waals surface area contributed by atoms with Gasteiger partial charge in [-0.15, -0.1) is 0 Å². The highest BCUT2D eigenvalue weighted by molar-refractivity contribution is 5.90. The SMILES string of the molecule is CNCc1ccccc1NC(=O)N1CCCCC1. The van der Waals surface area contributed by atoms with Crippen molar-refractivity contribution in [2.75, 3.05) is 25.5 Å². The lowest BCUT2D eigenvalue weighted by Crippen LogP contribution is -2.38. The normalized spacial score (nSPS) is 15.5. The van der Waals surface area contributed by atoms with E-state index in [4.69, 9.17) is 0 Å². The molecule has 4 nitrogen and oxygen atoms in total. The van der Waals surface area contributed by atoms with Crippen molar-refractivity contribution in [1.82, 2.24) is 10.2 Å². The van der Waals surface area contributed by atoms with Crippen LogP contribution in [0.2, 0.25) is 0 Å². The van der Waals surface area contributed by atoms with Crippen molar-refractivity contribution in [1.29, 1.82) is 0 Å². The first-order valence-electron chi connectivity index (χ1n) is 6.59. The fourth-order valence-electron chi connectivity index (χ4n) is 2.28. The first kappa shape index (κ1) is 12.9. The number of piperidine rings is 1. The second kappa shape index (κ2) is 6.40. The molecule has 0 bridgehead atoms. The van der Waals surface area contributed by atoms with E-state index in [1.165, 1.54) is 6.42 Å². The summed E-state index contributed by atoms with van der Waals surface area (Å²) < 4.78 is 0. The molecule has 1 aliphatic rings. The first-order valence-corrected chi connectivity index (χ1v) is 6.59. The van der Waals surface area contributed by atoms with E-state index in [1.54, 1.807) is 0 Å². The third-order valence-corrected chi connectivity index (χ3v) is 3.27. The second-order valence-electron chi connectivity index (χ2n) is 4.67. The second-order valence-corrected chi connectivity index (χ2v) is 4.67. The fourth-order valence-corrected chi connectivity index (χ4v) is 2.28. The number of rotatable bonds is 3. The molecule has 2 N–H and O–H groups in total. The van der Waals surface area contributed by atoms with Crippen LogP contribution in [0, 0.1) is 0 Å². The highest BCUT2D eigenvalue weighted by atomic mass is 16.2. The van der Waals surface area contributed by atoms with Crippen LogP contribution >= 0.6 is 0 Å². The van der Waals surface area contributed by atoms with Crippen molar-refractivity contribution in [3.05, 3.63) is 29.8 Å². The maximum Gasteiger partial charge on any atom is 0.321 e. The minimum Gasteiger partial charge on any atom is -0.325 e. The summed E-state index contributed by atoms with van der Waals surface area (Å²) in [6.07, 6.45) is 3.47. The number of benzene rings is 1. The largest absolute Gasteiger partial charge is 0.325 e. The zero-order valence-electron chi connectivity index (χ0n) is 10.9. The molecule has 1 aliphatic heterocycles. The predicted octanol–water partition coefficient (Wildman–Crippen LogP) is 2.42. The van der Waals surface area contributed by atoms with E-state index in [0.29, 0.717) is 0 Å². The van der Waals surface area contributed by atoms with E-state index >= 15 is 0 Å². The highest BCUT2D eigenvalue weighted by Crippen LogP contribution is 2.16. The summed E-state index contributed by atoms with van der Waals surface area (Å²) in [4.78, 5) is 14.0. The Bertz CT molecular complexity index is 400. The average molecular weight is 247 g/mol. The third kappa shape index (κ3) is 3.23. The van der Waals surface area contributed by atoms with Crippen LogP contribution in [0.5, 0.6) is 0 Å². The number of likely N-dealkylation sites (tertiary alicyclic amines) is 1. The molecule has 18 heavy (non-hydrogen) atoms. The summed E-state index contributed by atoms with van der Waals surface area (Å²) in [5.74, 6) is 0. The molecule has 1 saturated heterocycles. The molecule has 0 spiro atoms. The summed E-state index contributed by atoms with van der Waals surface area (Å²) in [5, 5.41) is 6.12. The Morgan fingerprint density at radius 1 is 1.22 bits per heavy atom. The van der Waals surface area contributed by atoms with Crippen LogP contribution in [-0.2, 0) is 6.54 Å². The van der Waals surface area contributed by atoms with Gasteiger partial charge in [0.2, 0.25) is 0 Å². The molecule has 2 rings (SSSR count). The van der Waals surface area contributed by atoms with Crippen molar-refractivity contribution in [3.8, 4) is 0 Å². The number of hydrogen-bond acceptors (Lipinski definition) is 2. The van der Waals surface area contributed by atoms with Crippen LogP contribution in [0.15, 0.2) is 24.3 Å². The van der Waals surface area contributed by atoms with E-state index in [9.17, 15) is 4.79 Å². The van der Waals surface area contributed by atoms with Gasteiger partial charge in [-0.3, -0.25) is 0 Å². The predicted molar refractivity (Wildman–Crippen MR) is 73.6 cm³/mol. The van der Waals surface area contributed by atoms with E-state index in [2.05, 4.69) is 10.6 Å². The lowest BCUT2D eigenvalue weighted by Gasteiger charge is -2.27. The van der Waals surface area contributed by atoms with Crippen LogP contribution in [0.3, 0.4) is 0 Å². The molecule has 0 atom stereocenters. The number of hydrogen-bond donors (Lipinski definition) is 2. The Morgan fingerprint density at radius 2 is 1.94 bits per heavy atom. The molecule has 4 heteroatoms. The monoisotopic (exact) mass is 247 g/mol. The zero-order chi connectivity index (χ0) is 12.8. The summed E-state index contributed by atoms with van der Waals surface area (Å²) in [6, 6.07) is 7.95. The molecule has 0 aliphatic carbocycles. The van der Waals surface area contributed by atoms with E-state index in [-0.39, 0.29) is 6.03 Å². The average Bonchev–Trinajstić information content (AvgIpc) is 2.42. The summed E-state index contributed by atoms with van der Waals surface area (Å²) in [6.45, 7) is 2.51. The maximum atomic E-state index is 12.1. The van der Waals surface area contributed by atoms with Crippen molar-refractivity contribution >= 4 is 11.7 Å². The van der Waals surface area contributed by atoms with Gasteiger partial charge in [-0.25, -0.2) is 4.79 Å². The fraction of sp³-hybridized carbons (Fsp3) is 0.500. The molecule has 0 radical (unpaired) electrons. The lowest BCUT2D eigenvalue weighted by atomic mass is 10.1.